The smallest absolute Gasteiger partial charge is 0.227 e. The van der Waals surface area contributed by atoms with E-state index >= 15 is 0 Å². The monoisotopic (exact) mass is 397 g/mol. The third-order valence-electron chi connectivity index (χ3n) is 5.38. The van der Waals surface area contributed by atoms with Crippen LogP contribution in [0.3, 0.4) is 0 Å². The highest BCUT2D eigenvalue weighted by Gasteiger charge is 2.26. The predicted molar refractivity (Wildman–Crippen MR) is 111 cm³/mol. The zero-order chi connectivity index (χ0) is 19.7. The number of hydrogen-bond acceptors (Lipinski definition) is 3. The van der Waals surface area contributed by atoms with Crippen LogP contribution in [0.4, 0.5) is 15.8 Å². The summed E-state index contributed by atoms with van der Waals surface area (Å²) in [7, 11) is 0. The van der Waals surface area contributed by atoms with Gasteiger partial charge in [0, 0.05) is 47.4 Å². The molecular weight excluding hydrogens is 377 g/mol. The van der Waals surface area contributed by atoms with Gasteiger partial charge in [-0.25, -0.2) is 4.39 Å². The summed E-state index contributed by atoms with van der Waals surface area (Å²) in [6, 6.07) is 12.2. The van der Waals surface area contributed by atoms with E-state index in [2.05, 4.69) is 15.2 Å². The molecule has 0 spiro atoms. The van der Waals surface area contributed by atoms with Crippen LogP contribution in [0, 0.1) is 18.7 Å². The number of aryl methyl sites for hydroxylation is 1. The average Bonchev–Trinajstić information content (AvgIpc) is 2.69. The third-order valence-corrected chi connectivity index (χ3v) is 5.68. The van der Waals surface area contributed by atoms with E-state index in [1.54, 1.807) is 12.3 Å². The molecule has 28 heavy (non-hydrogen) atoms. The van der Waals surface area contributed by atoms with Gasteiger partial charge < -0.3 is 10.2 Å². The molecule has 0 atom stereocenters. The van der Waals surface area contributed by atoms with Crippen LogP contribution < -0.4 is 10.2 Å². The van der Waals surface area contributed by atoms with E-state index in [1.165, 1.54) is 12.1 Å². The van der Waals surface area contributed by atoms with Crippen LogP contribution in [0.1, 0.15) is 18.5 Å². The summed E-state index contributed by atoms with van der Waals surface area (Å²) in [6.07, 6.45) is 3.22. The Morgan fingerprint density at radius 1 is 1.18 bits per heavy atom. The van der Waals surface area contributed by atoms with Crippen molar-refractivity contribution in [2.45, 2.75) is 19.8 Å². The summed E-state index contributed by atoms with van der Waals surface area (Å²) in [4.78, 5) is 19.3. The predicted octanol–water partition coefficient (Wildman–Crippen LogP) is 5.19. The normalized spacial score (nSPS) is 15.0. The summed E-state index contributed by atoms with van der Waals surface area (Å²) < 4.78 is 13.3. The number of fused-ring (bicyclic) bond motifs is 1. The number of pyridine rings is 1. The van der Waals surface area contributed by atoms with Crippen molar-refractivity contribution in [3.8, 4) is 0 Å². The fourth-order valence-electron chi connectivity index (χ4n) is 3.82. The number of rotatable bonds is 3. The molecule has 1 N–H and O–H groups in total. The lowest BCUT2D eigenvalue weighted by atomic mass is 9.95. The van der Waals surface area contributed by atoms with Crippen LogP contribution in [0.5, 0.6) is 0 Å². The third kappa shape index (κ3) is 3.67. The molecule has 2 heterocycles. The number of anilines is 2. The Morgan fingerprint density at radius 2 is 1.96 bits per heavy atom. The van der Waals surface area contributed by atoms with Crippen molar-refractivity contribution in [1.82, 2.24) is 4.98 Å². The molecule has 3 aromatic rings. The second-order valence-electron chi connectivity index (χ2n) is 7.14. The number of benzene rings is 2. The Labute approximate surface area is 168 Å². The Kier molecular flexibility index (Phi) is 5.18. The van der Waals surface area contributed by atoms with Gasteiger partial charge in [-0.2, -0.15) is 0 Å². The standard InChI is InChI=1S/C22H21ClFN3O/c1-14-17-3-2-4-20(18(17)7-10-25-14)26-22(28)15-8-11-27(12-9-15)21-6-5-16(24)13-19(21)23/h2-7,10,13,15H,8-9,11-12H2,1H3,(H,26,28). The first-order valence-electron chi connectivity index (χ1n) is 9.38. The zero-order valence-electron chi connectivity index (χ0n) is 15.6. The van der Waals surface area contributed by atoms with Crippen LogP contribution in [0.25, 0.3) is 10.8 Å². The number of nitrogens with zero attached hydrogens (tertiary/aromatic N) is 2. The number of carbonyl (C=O) groups is 1. The molecule has 0 saturated carbocycles. The van der Waals surface area contributed by atoms with E-state index in [0.717, 1.165) is 40.7 Å². The molecule has 0 bridgehead atoms. The highest BCUT2D eigenvalue weighted by molar-refractivity contribution is 6.33. The summed E-state index contributed by atoms with van der Waals surface area (Å²) in [5.74, 6) is -0.371. The lowest BCUT2D eigenvalue weighted by Crippen LogP contribution is -2.38. The molecule has 1 aliphatic heterocycles. The van der Waals surface area contributed by atoms with Gasteiger partial charge in [0.2, 0.25) is 5.91 Å². The molecule has 0 radical (unpaired) electrons. The maximum absolute atomic E-state index is 13.3. The minimum atomic E-state index is -0.344. The average molecular weight is 398 g/mol. The minimum Gasteiger partial charge on any atom is -0.370 e. The molecule has 0 aliphatic carbocycles. The second-order valence-corrected chi connectivity index (χ2v) is 7.55. The molecular formula is C22H21ClFN3O. The van der Waals surface area contributed by atoms with Gasteiger partial charge in [0.1, 0.15) is 5.82 Å². The molecule has 4 rings (SSSR count). The number of nitrogens with one attached hydrogen (secondary N) is 1. The first kappa shape index (κ1) is 18.7. The van der Waals surface area contributed by atoms with E-state index in [1.807, 2.05) is 31.2 Å². The first-order valence-corrected chi connectivity index (χ1v) is 9.76. The summed E-state index contributed by atoms with van der Waals surface area (Å²) >= 11 is 6.17. The Bertz CT molecular complexity index is 1030. The highest BCUT2D eigenvalue weighted by atomic mass is 35.5. The van der Waals surface area contributed by atoms with E-state index in [-0.39, 0.29) is 17.6 Å². The van der Waals surface area contributed by atoms with Crippen molar-refractivity contribution in [2.24, 2.45) is 5.92 Å². The Balaban J connectivity index is 1.44. The molecule has 2 aromatic carbocycles. The zero-order valence-corrected chi connectivity index (χ0v) is 16.3. The number of carbonyl (C=O) groups excluding carboxylic acids is 1. The van der Waals surface area contributed by atoms with Gasteiger partial charge in [-0.15, -0.1) is 0 Å². The van der Waals surface area contributed by atoms with Crippen molar-refractivity contribution in [3.05, 3.63) is 65.2 Å². The molecule has 144 valence electrons. The van der Waals surface area contributed by atoms with E-state index in [4.69, 9.17) is 11.6 Å². The fraction of sp³-hybridized carbons (Fsp3) is 0.273. The molecule has 6 heteroatoms. The second kappa shape index (κ2) is 7.76. The van der Waals surface area contributed by atoms with Crippen LogP contribution >= 0.6 is 11.6 Å². The number of aromatic nitrogens is 1. The van der Waals surface area contributed by atoms with Gasteiger partial charge in [-0.1, -0.05) is 23.7 Å². The lowest BCUT2D eigenvalue weighted by Gasteiger charge is -2.33. The van der Waals surface area contributed by atoms with Crippen molar-refractivity contribution in [1.29, 1.82) is 0 Å². The van der Waals surface area contributed by atoms with Crippen LogP contribution in [0.2, 0.25) is 5.02 Å². The molecule has 1 amide bonds. The fourth-order valence-corrected chi connectivity index (χ4v) is 4.10. The minimum absolute atomic E-state index is 0.0341. The quantitative estimate of drug-likeness (QED) is 0.661. The van der Waals surface area contributed by atoms with Crippen molar-refractivity contribution in [2.75, 3.05) is 23.3 Å². The first-order chi connectivity index (χ1) is 13.5. The number of hydrogen-bond donors (Lipinski definition) is 1. The Hall–Kier alpha value is -2.66. The summed E-state index contributed by atoms with van der Waals surface area (Å²) in [6.45, 7) is 3.38. The van der Waals surface area contributed by atoms with Crippen molar-refractivity contribution in [3.63, 3.8) is 0 Å². The maximum Gasteiger partial charge on any atom is 0.227 e. The lowest BCUT2D eigenvalue weighted by molar-refractivity contribution is -0.120. The summed E-state index contributed by atoms with van der Waals surface area (Å²) in [5, 5.41) is 5.54. The van der Waals surface area contributed by atoms with E-state index in [0.29, 0.717) is 18.1 Å². The molecule has 4 nitrogen and oxygen atoms in total. The molecule has 1 saturated heterocycles. The number of halogens is 2. The molecule has 1 aromatic heterocycles. The maximum atomic E-state index is 13.3. The van der Waals surface area contributed by atoms with Crippen molar-refractivity contribution < 1.29 is 9.18 Å². The topological polar surface area (TPSA) is 45.2 Å². The molecule has 0 unspecified atom stereocenters. The van der Waals surface area contributed by atoms with Gasteiger partial charge in [-0.05, 0) is 50.1 Å². The largest absolute Gasteiger partial charge is 0.370 e. The summed E-state index contributed by atoms with van der Waals surface area (Å²) in [5.41, 5.74) is 2.58. The van der Waals surface area contributed by atoms with Crippen LogP contribution in [-0.4, -0.2) is 24.0 Å². The molecule has 1 aliphatic rings. The number of amides is 1. The van der Waals surface area contributed by atoms with Gasteiger partial charge >= 0.3 is 0 Å². The highest BCUT2D eigenvalue weighted by Crippen LogP contribution is 2.31. The van der Waals surface area contributed by atoms with Gasteiger partial charge in [0.05, 0.1) is 10.7 Å². The van der Waals surface area contributed by atoms with Crippen molar-refractivity contribution >= 4 is 39.7 Å². The number of piperidine rings is 1. The molecule has 1 fully saturated rings. The van der Waals surface area contributed by atoms with Gasteiger partial charge in [-0.3, -0.25) is 9.78 Å². The SMILES string of the molecule is Cc1nccc2c(NC(=O)C3CCN(c4ccc(F)cc4Cl)CC3)cccc12. The van der Waals surface area contributed by atoms with E-state index < -0.39 is 0 Å². The van der Waals surface area contributed by atoms with Crippen LogP contribution in [0.15, 0.2) is 48.7 Å². The van der Waals surface area contributed by atoms with Gasteiger partial charge in [0.25, 0.3) is 0 Å². The van der Waals surface area contributed by atoms with Gasteiger partial charge in [0.15, 0.2) is 0 Å². The Morgan fingerprint density at radius 3 is 2.71 bits per heavy atom. The van der Waals surface area contributed by atoms with Crippen LogP contribution in [-0.2, 0) is 4.79 Å². The van der Waals surface area contributed by atoms with E-state index in [9.17, 15) is 9.18 Å².